The van der Waals surface area contributed by atoms with E-state index in [4.69, 9.17) is 5.73 Å². The summed E-state index contributed by atoms with van der Waals surface area (Å²) in [7, 11) is 0. The Hall–Kier alpha value is -1.48. The van der Waals surface area contributed by atoms with E-state index in [2.05, 4.69) is 16.0 Å². The minimum absolute atomic E-state index is 0.0872. The maximum atomic E-state index is 12.0. The third-order valence-electron chi connectivity index (χ3n) is 4.91. The molecule has 0 aromatic rings. The van der Waals surface area contributed by atoms with E-state index in [1.807, 2.05) is 11.8 Å². The average Bonchev–Trinajstić information content (AvgIpc) is 3.13. The second-order valence-corrected chi connectivity index (χ2v) is 8.24. The van der Waals surface area contributed by atoms with Crippen molar-refractivity contribution in [3.8, 4) is 0 Å². The molecule has 3 amide bonds. The number of unbranched alkanes of at least 4 members (excludes halogenated alkanes) is 3. The zero-order valence-electron chi connectivity index (χ0n) is 15.0. The average molecular weight is 387 g/mol. The van der Waals surface area contributed by atoms with E-state index in [0.29, 0.717) is 24.6 Å². The minimum atomic E-state index is -0.982. The van der Waals surface area contributed by atoms with E-state index < -0.39 is 12.0 Å². The second kappa shape index (κ2) is 10.6. The highest BCUT2D eigenvalue weighted by atomic mass is 32.2. The summed E-state index contributed by atoms with van der Waals surface area (Å²) in [5, 5.41) is 18.1. The molecule has 6 N–H and O–H groups in total. The van der Waals surface area contributed by atoms with E-state index >= 15 is 0 Å². The number of rotatable bonds is 12. The fourth-order valence-electron chi connectivity index (χ4n) is 3.47. The molecule has 0 bridgehead atoms. The van der Waals surface area contributed by atoms with Gasteiger partial charge in [0.15, 0.2) is 0 Å². The topological polar surface area (TPSA) is 134 Å². The zero-order chi connectivity index (χ0) is 18.9. The highest BCUT2D eigenvalue weighted by molar-refractivity contribution is 8.00. The van der Waals surface area contributed by atoms with E-state index in [-0.39, 0.29) is 24.0 Å². The van der Waals surface area contributed by atoms with Gasteiger partial charge in [0, 0.05) is 17.4 Å². The van der Waals surface area contributed by atoms with Gasteiger partial charge < -0.3 is 26.8 Å². The second-order valence-electron chi connectivity index (χ2n) is 6.96. The lowest BCUT2D eigenvalue weighted by atomic mass is 10.0. The van der Waals surface area contributed by atoms with Gasteiger partial charge in [-0.15, -0.1) is 0 Å². The van der Waals surface area contributed by atoms with Crippen LogP contribution in [-0.4, -0.2) is 58.7 Å². The van der Waals surface area contributed by atoms with Crippen LogP contribution in [0.3, 0.4) is 0 Å². The standard InChI is InChI=1S/C17H30N4O4S/c18-9-5-1-2-6-11(16(23)24)19-14(22)8-4-3-7-13-15-12(10-26-13)20-17(25)21-15/h11-13,15H,1-10,18H2,(H,19,22)(H,23,24)(H2,20,21,25). The van der Waals surface area contributed by atoms with Crippen molar-refractivity contribution in [3.63, 3.8) is 0 Å². The number of amides is 3. The molecule has 148 valence electrons. The van der Waals surface area contributed by atoms with Crippen LogP contribution < -0.4 is 21.7 Å². The maximum Gasteiger partial charge on any atom is 0.326 e. The summed E-state index contributed by atoms with van der Waals surface area (Å²) >= 11 is 1.86. The normalized spacial score (nSPS) is 25.3. The van der Waals surface area contributed by atoms with Gasteiger partial charge in [-0.3, -0.25) is 4.79 Å². The summed E-state index contributed by atoms with van der Waals surface area (Å²) in [6, 6.07) is -0.496. The smallest absolute Gasteiger partial charge is 0.326 e. The number of fused-ring (bicyclic) bond motifs is 1. The van der Waals surface area contributed by atoms with Gasteiger partial charge in [0.25, 0.3) is 0 Å². The molecule has 0 aromatic carbocycles. The van der Waals surface area contributed by atoms with Gasteiger partial charge in [0.1, 0.15) is 6.04 Å². The Labute approximate surface area is 158 Å². The molecule has 2 saturated heterocycles. The van der Waals surface area contributed by atoms with E-state index in [1.165, 1.54) is 0 Å². The summed E-state index contributed by atoms with van der Waals surface area (Å²) in [4.78, 5) is 34.6. The number of aliphatic carboxylic acids is 1. The Kier molecular flexibility index (Phi) is 8.50. The van der Waals surface area contributed by atoms with Crippen LogP contribution >= 0.6 is 11.8 Å². The summed E-state index contributed by atoms with van der Waals surface area (Å²) in [6.45, 7) is 0.602. The molecule has 8 nitrogen and oxygen atoms in total. The Bertz CT molecular complexity index is 505. The number of carbonyl (C=O) groups excluding carboxylic acids is 2. The maximum absolute atomic E-state index is 12.0. The van der Waals surface area contributed by atoms with Gasteiger partial charge >= 0.3 is 12.0 Å². The number of nitrogens with two attached hydrogens (primary N) is 1. The number of urea groups is 1. The van der Waals surface area contributed by atoms with Crippen molar-refractivity contribution < 1.29 is 19.5 Å². The number of hydrogen-bond donors (Lipinski definition) is 5. The van der Waals surface area contributed by atoms with E-state index in [9.17, 15) is 19.5 Å². The van der Waals surface area contributed by atoms with Crippen LogP contribution in [0.4, 0.5) is 4.79 Å². The van der Waals surface area contributed by atoms with Crippen LogP contribution in [0.1, 0.15) is 51.4 Å². The molecule has 9 heteroatoms. The molecule has 0 aromatic heterocycles. The summed E-state index contributed by atoms with van der Waals surface area (Å²) < 4.78 is 0. The number of carbonyl (C=O) groups is 3. The Morgan fingerprint density at radius 2 is 2.04 bits per heavy atom. The van der Waals surface area contributed by atoms with Gasteiger partial charge in [-0.25, -0.2) is 9.59 Å². The van der Waals surface area contributed by atoms with E-state index in [1.54, 1.807) is 0 Å². The Balaban J connectivity index is 1.60. The molecule has 26 heavy (non-hydrogen) atoms. The highest BCUT2D eigenvalue weighted by Crippen LogP contribution is 2.33. The fourth-order valence-corrected chi connectivity index (χ4v) is 5.01. The lowest BCUT2D eigenvalue weighted by Gasteiger charge is -2.17. The molecular formula is C17H30N4O4S. The number of carboxylic acid groups (broad SMARTS) is 1. The van der Waals surface area contributed by atoms with Crippen molar-refractivity contribution in [2.45, 2.75) is 74.7 Å². The van der Waals surface area contributed by atoms with Crippen molar-refractivity contribution in [3.05, 3.63) is 0 Å². The third-order valence-corrected chi connectivity index (χ3v) is 6.42. The van der Waals surface area contributed by atoms with Crippen LogP contribution in [-0.2, 0) is 9.59 Å². The summed E-state index contributed by atoms with van der Waals surface area (Å²) in [6.07, 6.45) is 5.83. The summed E-state index contributed by atoms with van der Waals surface area (Å²) in [5.74, 6) is -0.257. The molecule has 0 aliphatic carbocycles. The quantitative estimate of drug-likeness (QED) is 0.249. The van der Waals surface area contributed by atoms with Crippen molar-refractivity contribution in [2.75, 3.05) is 12.3 Å². The first-order chi connectivity index (χ1) is 12.5. The first-order valence-corrected chi connectivity index (χ1v) is 10.5. The minimum Gasteiger partial charge on any atom is -0.480 e. The molecule has 4 unspecified atom stereocenters. The molecule has 0 spiro atoms. The molecule has 2 aliphatic heterocycles. The van der Waals surface area contributed by atoms with Gasteiger partial charge in [-0.2, -0.15) is 11.8 Å². The Morgan fingerprint density at radius 3 is 2.77 bits per heavy atom. The largest absolute Gasteiger partial charge is 0.480 e. The van der Waals surface area contributed by atoms with Crippen LogP contribution in [0.15, 0.2) is 0 Å². The highest BCUT2D eigenvalue weighted by Gasteiger charge is 2.42. The SMILES string of the molecule is NCCCCCC(NC(=O)CCCCC1SCC2NC(=O)NC21)C(=O)O. The molecule has 2 fully saturated rings. The number of nitrogens with one attached hydrogen (secondary N) is 3. The predicted octanol–water partition coefficient (Wildman–Crippen LogP) is 0.801. The molecule has 0 saturated carbocycles. The van der Waals surface area contributed by atoms with Crippen LogP contribution in [0, 0.1) is 0 Å². The van der Waals surface area contributed by atoms with Crippen molar-refractivity contribution in [2.24, 2.45) is 5.73 Å². The monoisotopic (exact) mass is 386 g/mol. The Morgan fingerprint density at radius 1 is 1.23 bits per heavy atom. The number of carboxylic acids is 1. The van der Waals surface area contributed by atoms with Gasteiger partial charge in [0.2, 0.25) is 5.91 Å². The van der Waals surface area contributed by atoms with Crippen LogP contribution in [0.2, 0.25) is 0 Å². The zero-order valence-corrected chi connectivity index (χ0v) is 15.9. The van der Waals surface area contributed by atoms with E-state index in [0.717, 1.165) is 44.3 Å². The van der Waals surface area contributed by atoms with Gasteiger partial charge in [0.05, 0.1) is 12.1 Å². The fraction of sp³-hybridized carbons (Fsp3) is 0.824. The summed E-state index contributed by atoms with van der Waals surface area (Å²) in [5.41, 5.74) is 5.42. The number of hydrogen-bond acceptors (Lipinski definition) is 5. The first kappa shape index (κ1) is 20.8. The van der Waals surface area contributed by atoms with Crippen molar-refractivity contribution in [1.82, 2.24) is 16.0 Å². The molecule has 2 heterocycles. The molecular weight excluding hydrogens is 356 g/mol. The van der Waals surface area contributed by atoms with Crippen molar-refractivity contribution >= 4 is 29.7 Å². The molecule has 2 aliphatic rings. The molecule has 0 radical (unpaired) electrons. The lowest BCUT2D eigenvalue weighted by Crippen LogP contribution is -2.40. The third kappa shape index (κ3) is 6.35. The first-order valence-electron chi connectivity index (χ1n) is 9.42. The van der Waals surface area contributed by atoms with Crippen LogP contribution in [0.25, 0.3) is 0 Å². The van der Waals surface area contributed by atoms with Gasteiger partial charge in [-0.1, -0.05) is 19.3 Å². The van der Waals surface area contributed by atoms with Gasteiger partial charge in [-0.05, 0) is 32.2 Å². The van der Waals surface area contributed by atoms with Crippen molar-refractivity contribution in [1.29, 1.82) is 0 Å². The molecule has 2 rings (SSSR count). The molecule has 4 atom stereocenters. The predicted molar refractivity (Wildman–Crippen MR) is 101 cm³/mol. The number of thioether (sulfide) groups is 1. The van der Waals surface area contributed by atoms with Crippen LogP contribution in [0.5, 0.6) is 0 Å². The lowest BCUT2D eigenvalue weighted by molar-refractivity contribution is -0.142.